The zero-order valence-electron chi connectivity index (χ0n) is 15.9. The quantitative estimate of drug-likeness (QED) is 0.238. The second-order valence-electron chi connectivity index (χ2n) is 6.72. The van der Waals surface area contributed by atoms with E-state index in [0.29, 0.717) is 0 Å². The Kier molecular flexibility index (Phi) is 5.17. The number of halogens is 1. The van der Waals surface area contributed by atoms with Crippen molar-refractivity contribution < 1.29 is 4.74 Å². The van der Waals surface area contributed by atoms with Gasteiger partial charge in [-0.2, -0.15) is 0 Å². The van der Waals surface area contributed by atoms with Crippen LogP contribution >= 0.6 is 19.8 Å². The molecule has 4 bridgehead atoms. The van der Waals surface area contributed by atoms with E-state index in [1.54, 1.807) is 7.11 Å². The zero-order valence-corrected chi connectivity index (χ0v) is 18.0. The van der Waals surface area contributed by atoms with E-state index >= 15 is 0 Å². The molecule has 3 aromatic rings. The third-order valence-electron chi connectivity index (χ3n) is 4.84. The summed E-state index contributed by atoms with van der Waals surface area (Å²) in [5.41, 5.74) is 6.14. The monoisotopic (exact) mass is 466 g/mol. The maximum atomic E-state index is 5.70. The van der Waals surface area contributed by atoms with Crippen LogP contribution in [0, 0.1) is 14.1 Å². The van der Waals surface area contributed by atoms with Gasteiger partial charge < -0.3 is 0 Å². The molecule has 0 radical (unpaired) electrons. The van der Waals surface area contributed by atoms with Crippen LogP contribution in [-0.4, -0.2) is 12.0 Å². The first-order valence-electron chi connectivity index (χ1n) is 8.99. The van der Waals surface area contributed by atoms with Crippen LogP contribution in [0.2, 0.25) is 0 Å². The first-order chi connectivity index (χ1) is 13.1. The van der Waals surface area contributed by atoms with Crippen LogP contribution in [0.5, 0.6) is 5.75 Å². The first kappa shape index (κ1) is 18.1. The van der Waals surface area contributed by atoms with E-state index in [1.807, 2.05) is 0 Å². The molecule has 7 rings (SSSR count). The second-order valence-corrected chi connectivity index (χ2v) is 11.8. The van der Waals surface area contributed by atoms with Crippen LogP contribution in [0.4, 0.5) is 0 Å². The van der Waals surface area contributed by atoms with Gasteiger partial charge in [0.25, 0.3) is 0 Å². The number of alkyl halides is 1. The molecule has 4 aliphatic rings. The van der Waals surface area contributed by atoms with E-state index in [2.05, 4.69) is 96.8 Å². The number of benzene rings is 3. The molecule has 0 saturated heterocycles. The van der Waals surface area contributed by atoms with Crippen LogP contribution in [-0.2, 0) is 0 Å². The summed E-state index contributed by atoms with van der Waals surface area (Å²) >= 11 is -1.51. The van der Waals surface area contributed by atoms with E-state index in [9.17, 15) is 0 Å². The molecule has 0 spiro atoms. The van der Waals surface area contributed by atoms with Gasteiger partial charge in [0, 0.05) is 0 Å². The third kappa shape index (κ3) is 3.86. The predicted molar refractivity (Wildman–Crippen MR) is 126 cm³/mol. The van der Waals surface area contributed by atoms with Gasteiger partial charge in [0.15, 0.2) is 0 Å². The van der Waals surface area contributed by atoms with E-state index in [0.717, 1.165) is 11.3 Å². The van der Waals surface area contributed by atoms with Crippen molar-refractivity contribution in [3.05, 3.63) is 95.6 Å². The van der Waals surface area contributed by atoms with Crippen molar-refractivity contribution in [1.82, 2.24) is 0 Å². The van der Waals surface area contributed by atoms with Gasteiger partial charge in [-0.05, 0) is 0 Å². The Hall–Kier alpha value is -2.33. The van der Waals surface area contributed by atoms with Crippen molar-refractivity contribution in [2.45, 2.75) is 6.92 Å². The Balaban J connectivity index is 1.89. The van der Waals surface area contributed by atoms with Gasteiger partial charge in [-0.3, -0.25) is 0 Å². The Labute approximate surface area is 168 Å². The van der Waals surface area contributed by atoms with Gasteiger partial charge in [0.1, 0.15) is 0 Å². The average Bonchev–Trinajstić information content (AvgIpc) is 2.69. The molecule has 0 heterocycles. The number of ether oxygens (including phenoxy) is 1. The molecule has 4 aliphatic carbocycles. The summed E-state index contributed by atoms with van der Waals surface area (Å²) in [5.74, 6) is 0.929. The summed E-state index contributed by atoms with van der Waals surface area (Å²) in [7, 11) is 1.75. The standard InChI is InChI=1S/C25H23IO/c1-18-4-14-23(15-5-18)26(2)24-16-22-13-11-20-8-6-19(7-9-20)10-12-21(24)17-25(22)27-3/h4-17H,1-3H3/b12-10?,13-11-,19-10?,20-11?,21-12?,22-13?. The number of hydrogen-bond donors (Lipinski definition) is 0. The van der Waals surface area contributed by atoms with Crippen LogP contribution in [0.15, 0.2) is 60.7 Å². The maximum absolute atomic E-state index is 5.70. The zero-order chi connectivity index (χ0) is 18.8. The van der Waals surface area contributed by atoms with Crippen molar-refractivity contribution >= 4 is 44.1 Å². The van der Waals surface area contributed by atoms with E-state index < -0.39 is 19.8 Å². The minimum absolute atomic E-state index is 0.929. The number of hydrogen-bond acceptors (Lipinski definition) is 1. The molecule has 0 fully saturated rings. The molecule has 27 heavy (non-hydrogen) atoms. The number of methoxy groups -OCH3 is 1. The molecule has 0 aliphatic heterocycles. The molecule has 0 atom stereocenters. The molecule has 1 nitrogen and oxygen atoms in total. The fourth-order valence-electron chi connectivity index (χ4n) is 3.19. The summed E-state index contributed by atoms with van der Waals surface area (Å²) < 4.78 is 8.65. The fraction of sp³-hybridized carbons (Fsp3) is 0.120. The van der Waals surface area contributed by atoms with Gasteiger partial charge in [-0.1, -0.05) is 0 Å². The van der Waals surface area contributed by atoms with Crippen LogP contribution in [0.3, 0.4) is 0 Å². The van der Waals surface area contributed by atoms with Gasteiger partial charge in [0.2, 0.25) is 0 Å². The van der Waals surface area contributed by atoms with Crippen LogP contribution in [0.1, 0.15) is 27.8 Å². The van der Waals surface area contributed by atoms with Crippen molar-refractivity contribution in [2.24, 2.45) is 0 Å². The van der Waals surface area contributed by atoms with E-state index in [1.165, 1.54) is 29.4 Å². The Morgan fingerprint density at radius 3 is 1.89 bits per heavy atom. The topological polar surface area (TPSA) is 9.23 Å². The molecular weight excluding hydrogens is 443 g/mol. The number of rotatable bonds is 3. The van der Waals surface area contributed by atoms with Crippen LogP contribution in [0.25, 0.3) is 24.3 Å². The molecule has 0 unspecified atom stereocenters. The second kappa shape index (κ2) is 7.73. The van der Waals surface area contributed by atoms with E-state index in [4.69, 9.17) is 4.74 Å². The minimum atomic E-state index is -1.51. The van der Waals surface area contributed by atoms with Gasteiger partial charge in [-0.25, -0.2) is 0 Å². The third-order valence-corrected chi connectivity index (χ3v) is 10.1. The molecule has 0 aromatic heterocycles. The molecule has 0 saturated carbocycles. The summed E-state index contributed by atoms with van der Waals surface area (Å²) in [5, 5.41) is 0. The van der Waals surface area contributed by atoms with Gasteiger partial charge >= 0.3 is 169 Å². The molecule has 0 N–H and O–H groups in total. The fourth-order valence-corrected chi connectivity index (χ4v) is 7.38. The van der Waals surface area contributed by atoms with Gasteiger partial charge in [0.05, 0.1) is 0 Å². The summed E-state index contributed by atoms with van der Waals surface area (Å²) in [4.78, 5) is 2.43. The van der Waals surface area contributed by atoms with Crippen molar-refractivity contribution in [3.63, 3.8) is 0 Å². The molecule has 0 amide bonds. The van der Waals surface area contributed by atoms with Crippen molar-refractivity contribution in [2.75, 3.05) is 12.0 Å². The van der Waals surface area contributed by atoms with Crippen molar-refractivity contribution in [1.29, 1.82) is 0 Å². The first-order valence-corrected chi connectivity index (χ1v) is 13.3. The normalized spacial score (nSPS) is 13.8. The SMILES string of the molecule is COc1cc2c(I(C)c3ccc(C)cc3)cc1/C=C\c1ccc(cc1)C=C2. The average molecular weight is 466 g/mol. The Morgan fingerprint density at radius 2 is 1.30 bits per heavy atom. The molecule has 3 aromatic carbocycles. The van der Waals surface area contributed by atoms with Gasteiger partial charge in [-0.15, -0.1) is 0 Å². The van der Waals surface area contributed by atoms with E-state index in [-0.39, 0.29) is 0 Å². The predicted octanol–water partition coefficient (Wildman–Crippen LogP) is 6.83. The summed E-state index contributed by atoms with van der Waals surface area (Å²) in [6, 6.07) is 22.2. The summed E-state index contributed by atoms with van der Waals surface area (Å²) in [6.45, 7) is 2.14. The van der Waals surface area contributed by atoms with Crippen molar-refractivity contribution in [3.8, 4) is 5.75 Å². The Morgan fingerprint density at radius 1 is 0.704 bits per heavy atom. The molecular formula is C25H23IO. The molecule has 136 valence electrons. The number of aryl methyl sites for hydroxylation is 1. The Bertz CT molecular complexity index is 1010. The van der Waals surface area contributed by atoms with Crippen LogP contribution < -0.4 is 4.74 Å². The molecule has 2 heteroatoms. The summed E-state index contributed by atoms with van der Waals surface area (Å²) in [6.07, 6.45) is 8.78.